The van der Waals surface area contributed by atoms with E-state index < -0.39 is 28.8 Å². The van der Waals surface area contributed by atoms with Crippen LogP contribution in [0.4, 0.5) is 5.69 Å². The average molecular weight is 605 g/mol. The largest absolute Gasteiger partial charge is 0.494 e. The highest BCUT2D eigenvalue weighted by Gasteiger charge is 2.29. The van der Waals surface area contributed by atoms with E-state index in [9.17, 15) is 29.1 Å². The summed E-state index contributed by atoms with van der Waals surface area (Å²) in [5.41, 5.74) is 12.2. The van der Waals surface area contributed by atoms with Gasteiger partial charge in [0, 0.05) is 21.9 Å². The van der Waals surface area contributed by atoms with Crippen LogP contribution in [0.3, 0.4) is 0 Å². The molecular weight excluding hydrogens is 580 g/mol. The Morgan fingerprint density at radius 1 is 0.889 bits per heavy atom. The monoisotopic (exact) mass is 604 g/mol. The van der Waals surface area contributed by atoms with Crippen molar-refractivity contribution < 1.29 is 19.5 Å². The van der Waals surface area contributed by atoms with Crippen LogP contribution in [0.25, 0.3) is 29.2 Å². The van der Waals surface area contributed by atoms with Crippen molar-refractivity contribution in [1.82, 2.24) is 19.7 Å². The van der Waals surface area contributed by atoms with E-state index in [0.29, 0.717) is 22.5 Å². The van der Waals surface area contributed by atoms with E-state index in [1.807, 2.05) is 0 Å². The molecule has 7 N–H and O–H groups in total. The lowest BCUT2D eigenvalue weighted by molar-refractivity contribution is 0.0985. The van der Waals surface area contributed by atoms with Gasteiger partial charge in [0.2, 0.25) is 11.8 Å². The van der Waals surface area contributed by atoms with E-state index >= 15 is 0 Å². The number of aromatic amines is 2. The molecule has 3 amide bonds. The summed E-state index contributed by atoms with van der Waals surface area (Å²) in [6, 6.07) is 12.2. The summed E-state index contributed by atoms with van der Waals surface area (Å²) in [5, 5.41) is 20.5. The highest BCUT2D eigenvalue weighted by atomic mass is 16.3. The number of carbonyl (C=O) groups is 3. The number of hydrogen-bond acceptors (Lipinski definition) is 8. The topological polar surface area (TPSA) is 223 Å². The first-order chi connectivity index (χ1) is 21.5. The number of allylic oxidation sites excluding steroid dienone is 1. The normalized spacial score (nSPS) is 13.1. The number of H-pyrrole nitrogens is 2. The molecule has 0 spiro atoms. The number of anilines is 1. The molecule has 2 aromatic carbocycles. The molecule has 14 nitrogen and oxygen atoms in total. The van der Waals surface area contributed by atoms with Gasteiger partial charge in [-0.25, -0.2) is 0 Å². The van der Waals surface area contributed by atoms with E-state index in [0.717, 1.165) is 9.69 Å². The lowest BCUT2D eigenvalue weighted by atomic mass is 10.0. The molecular formula is C31H24N8O6. The second kappa shape index (κ2) is 10.6. The Morgan fingerprint density at radius 3 is 2.20 bits per heavy atom. The van der Waals surface area contributed by atoms with Gasteiger partial charge < -0.3 is 26.5 Å². The zero-order valence-corrected chi connectivity index (χ0v) is 23.8. The second-order valence-electron chi connectivity index (χ2n) is 10.2. The van der Waals surface area contributed by atoms with Gasteiger partial charge >= 0.3 is 0 Å². The fourth-order valence-electron chi connectivity index (χ4n) is 5.20. The summed E-state index contributed by atoms with van der Waals surface area (Å²) < 4.78 is 1.10. The van der Waals surface area contributed by atoms with Gasteiger partial charge in [0.15, 0.2) is 17.2 Å². The third-order valence-corrected chi connectivity index (χ3v) is 7.49. The summed E-state index contributed by atoms with van der Waals surface area (Å²) in [4.78, 5) is 68.2. The number of carbonyl (C=O) groups excluding carboxylic acids is 3. The number of benzene rings is 2. The molecule has 0 radical (unpaired) electrons. The van der Waals surface area contributed by atoms with Crippen molar-refractivity contribution in [1.29, 1.82) is 0 Å². The number of pyridine rings is 2. The Hall–Kier alpha value is -6.57. The first-order valence-electron chi connectivity index (χ1n) is 13.4. The average Bonchev–Trinajstić information content (AvgIpc) is 3.52. The Labute approximate surface area is 252 Å². The minimum absolute atomic E-state index is 0.0722. The molecule has 0 atom stereocenters. The van der Waals surface area contributed by atoms with Crippen molar-refractivity contribution in [2.45, 2.75) is 13.8 Å². The number of nitrogens with zero attached hydrogens (tertiary/aromatic N) is 4. The quantitative estimate of drug-likeness (QED) is 0.185. The van der Waals surface area contributed by atoms with Crippen LogP contribution in [0.15, 0.2) is 69.3 Å². The number of hydrogen-bond donors (Lipinski definition) is 5. The van der Waals surface area contributed by atoms with Crippen molar-refractivity contribution in [2.24, 2.45) is 16.6 Å². The standard InChI is InChI=1S/C31H24N8O6/c1-14-20(28(42)34-26-22(14)30(44)38(36-26)18-8-3-6-16(12-18)24(32)40)10-5-11-21-15(2)23-27(35-29(21)43)37-39(31(23)45)19-9-4-7-17(13-19)25(33)41/h3-13H,1-2H3,(H2,32,40)(H2,33,41)(H,34,36,42)(H2,35,37,43)/b11-5+,20-10-. The van der Waals surface area contributed by atoms with Crippen molar-refractivity contribution in [2.75, 3.05) is 5.01 Å². The van der Waals surface area contributed by atoms with E-state index in [4.69, 9.17) is 11.5 Å². The molecule has 45 heavy (non-hydrogen) atoms. The second-order valence-corrected chi connectivity index (χ2v) is 10.2. The number of aromatic nitrogens is 4. The number of amides is 3. The molecule has 0 saturated heterocycles. The van der Waals surface area contributed by atoms with Gasteiger partial charge in [-0.3, -0.25) is 24.0 Å². The minimum atomic E-state index is -0.664. The SMILES string of the molecule is Cc1c(/C=C/C=c2/c(C)c3c([nH]c2=O)=NN(c2cccc(C(N)=O)c2)C3=O)c(O)[nH]c2nn(-c3cccc(C(N)=O)c3)c(=O)c1-2. The zero-order valence-electron chi connectivity index (χ0n) is 23.8. The Balaban J connectivity index is 1.38. The van der Waals surface area contributed by atoms with E-state index in [2.05, 4.69) is 20.2 Å². The number of rotatable bonds is 6. The van der Waals surface area contributed by atoms with Crippen molar-refractivity contribution in [3.8, 4) is 23.0 Å². The van der Waals surface area contributed by atoms with Crippen LogP contribution < -0.4 is 38.3 Å². The van der Waals surface area contributed by atoms with Gasteiger partial charge in [-0.15, -0.1) is 10.2 Å². The highest BCUT2D eigenvalue weighted by Crippen LogP contribution is 2.30. The predicted octanol–water partition coefficient (Wildman–Crippen LogP) is 0.563. The summed E-state index contributed by atoms with van der Waals surface area (Å²) >= 11 is 0. The number of aromatic hydroxyl groups is 1. The minimum Gasteiger partial charge on any atom is -0.494 e. The third kappa shape index (κ3) is 4.75. The molecule has 0 unspecified atom stereocenters. The Kier molecular flexibility index (Phi) is 6.73. The molecule has 3 aliphatic rings. The Morgan fingerprint density at radius 2 is 1.53 bits per heavy atom. The molecule has 1 aromatic heterocycles. The zero-order chi connectivity index (χ0) is 32.2. The molecule has 0 bridgehead atoms. The van der Waals surface area contributed by atoms with Crippen LogP contribution in [0.2, 0.25) is 0 Å². The van der Waals surface area contributed by atoms with Crippen LogP contribution in [-0.2, 0) is 0 Å². The summed E-state index contributed by atoms with van der Waals surface area (Å²) in [6.07, 6.45) is 4.48. The van der Waals surface area contributed by atoms with Crippen LogP contribution in [-0.4, -0.2) is 42.6 Å². The van der Waals surface area contributed by atoms with Gasteiger partial charge in [0.25, 0.3) is 17.0 Å². The number of fused-ring (bicyclic) bond motifs is 2. The lowest BCUT2D eigenvalue weighted by Crippen LogP contribution is -2.38. The lowest BCUT2D eigenvalue weighted by Gasteiger charge is -2.12. The third-order valence-electron chi connectivity index (χ3n) is 7.49. The van der Waals surface area contributed by atoms with Crippen LogP contribution in [0, 0.1) is 13.8 Å². The molecule has 6 rings (SSSR count). The molecule has 0 aliphatic carbocycles. The van der Waals surface area contributed by atoms with Crippen molar-refractivity contribution in [3.63, 3.8) is 0 Å². The van der Waals surface area contributed by atoms with Gasteiger partial charge in [0.1, 0.15) is 0 Å². The summed E-state index contributed by atoms with van der Waals surface area (Å²) in [7, 11) is 0. The van der Waals surface area contributed by atoms with Gasteiger partial charge in [-0.05, 0) is 73.5 Å². The first-order valence-corrected chi connectivity index (χ1v) is 13.4. The molecule has 0 saturated carbocycles. The molecule has 0 fully saturated rings. The van der Waals surface area contributed by atoms with Crippen LogP contribution >= 0.6 is 0 Å². The van der Waals surface area contributed by atoms with Gasteiger partial charge in [-0.1, -0.05) is 18.2 Å². The van der Waals surface area contributed by atoms with Crippen molar-refractivity contribution in [3.05, 3.63) is 119 Å². The Bertz CT molecular complexity index is 2350. The van der Waals surface area contributed by atoms with Gasteiger partial charge in [-0.2, -0.15) is 9.69 Å². The predicted molar refractivity (Wildman–Crippen MR) is 164 cm³/mol. The number of nitrogens with two attached hydrogens (primary N) is 2. The van der Waals surface area contributed by atoms with Crippen molar-refractivity contribution >= 4 is 35.6 Å². The van der Waals surface area contributed by atoms with E-state index in [1.54, 1.807) is 38.1 Å². The molecule has 3 aliphatic heterocycles. The molecule has 3 aromatic rings. The summed E-state index contributed by atoms with van der Waals surface area (Å²) in [6.45, 7) is 3.25. The summed E-state index contributed by atoms with van der Waals surface area (Å²) in [5.74, 6) is -1.98. The van der Waals surface area contributed by atoms with Crippen LogP contribution in [0.5, 0.6) is 5.88 Å². The van der Waals surface area contributed by atoms with Gasteiger partial charge in [0.05, 0.1) is 22.5 Å². The maximum Gasteiger partial charge on any atom is 0.282 e. The maximum absolute atomic E-state index is 13.3. The maximum atomic E-state index is 13.3. The number of primary amides is 2. The molecule has 224 valence electrons. The first kappa shape index (κ1) is 28.5. The van der Waals surface area contributed by atoms with E-state index in [-0.39, 0.29) is 50.2 Å². The fraction of sp³-hybridized carbons (Fsp3) is 0.0645. The fourth-order valence-corrected chi connectivity index (χ4v) is 5.20. The van der Waals surface area contributed by atoms with E-state index in [1.165, 1.54) is 42.5 Å². The highest BCUT2D eigenvalue weighted by molar-refractivity contribution is 6.08. The van der Waals surface area contributed by atoms with Crippen LogP contribution in [0.1, 0.15) is 47.8 Å². The molecule has 14 heteroatoms. The smallest absolute Gasteiger partial charge is 0.282 e. The molecule has 4 heterocycles. The number of nitrogens with one attached hydrogen (secondary N) is 2.